The van der Waals surface area contributed by atoms with Gasteiger partial charge in [-0.25, -0.2) is 4.98 Å². The highest BCUT2D eigenvalue weighted by Crippen LogP contribution is 2.26. The van der Waals surface area contributed by atoms with Gasteiger partial charge in [0, 0.05) is 28.9 Å². The van der Waals surface area contributed by atoms with E-state index in [0.29, 0.717) is 6.42 Å². The summed E-state index contributed by atoms with van der Waals surface area (Å²) in [5.41, 5.74) is 1.79. The molecule has 1 aromatic carbocycles. The van der Waals surface area contributed by atoms with Gasteiger partial charge in [0.15, 0.2) is 0 Å². The Kier molecular flexibility index (Phi) is 3.59. The molecule has 3 rings (SSSR count). The van der Waals surface area contributed by atoms with Crippen LogP contribution in [0.3, 0.4) is 0 Å². The van der Waals surface area contributed by atoms with E-state index in [-0.39, 0.29) is 0 Å². The summed E-state index contributed by atoms with van der Waals surface area (Å²) in [4.78, 5) is 8.59. The van der Waals surface area contributed by atoms with Crippen molar-refractivity contribution in [2.45, 2.75) is 12.5 Å². The monoisotopic (exact) mass is 334 g/mol. The minimum atomic E-state index is -0.578. The van der Waals surface area contributed by atoms with Gasteiger partial charge in [0.05, 0.1) is 21.3 Å². The standard InChI is InChI=1S/C14H11BrN2OS/c15-10-5-9(7-16-8-10)12(18)6-14-17-11-3-1-2-4-13(11)19-14/h1-5,7-8,12,18H,6H2. The zero-order valence-electron chi connectivity index (χ0n) is 9.95. The molecule has 96 valence electrons. The highest BCUT2D eigenvalue weighted by atomic mass is 79.9. The van der Waals surface area contributed by atoms with Gasteiger partial charge in [-0.2, -0.15) is 0 Å². The lowest BCUT2D eigenvalue weighted by Crippen LogP contribution is -2.02. The molecule has 0 bridgehead atoms. The number of rotatable bonds is 3. The lowest BCUT2D eigenvalue weighted by Gasteiger charge is -2.08. The lowest BCUT2D eigenvalue weighted by atomic mass is 10.1. The van der Waals surface area contributed by atoms with E-state index >= 15 is 0 Å². The van der Waals surface area contributed by atoms with Crippen LogP contribution >= 0.6 is 27.3 Å². The second kappa shape index (κ2) is 5.36. The summed E-state index contributed by atoms with van der Waals surface area (Å²) in [5.74, 6) is 0. The predicted octanol–water partition coefficient (Wildman–Crippen LogP) is 3.73. The molecule has 0 fully saturated rings. The number of benzene rings is 1. The minimum Gasteiger partial charge on any atom is -0.388 e. The normalized spacial score (nSPS) is 12.7. The van der Waals surface area contributed by atoms with Crippen molar-refractivity contribution in [3.63, 3.8) is 0 Å². The quantitative estimate of drug-likeness (QED) is 0.793. The van der Waals surface area contributed by atoms with E-state index in [1.807, 2.05) is 30.3 Å². The van der Waals surface area contributed by atoms with Crippen molar-refractivity contribution in [1.82, 2.24) is 9.97 Å². The van der Waals surface area contributed by atoms with Gasteiger partial charge in [-0.15, -0.1) is 11.3 Å². The first-order chi connectivity index (χ1) is 9.22. The van der Waals surface area contributed by atoms with Crippen LogP contribution in [0.2, 0.25) is 0 Å². The van der Waals surface area contributed by atoms with Gasteiger partial charge in [-0.3, -0.25) is 4.98 Å². The number of aliphatic hydroxyl groups excluding tert-OH is 1. The number of aromatic nitrogens is 2. The van der Waals surface area contributed by atoms with Crippen LogP contribution in [0.15, 0.2) is 47.2 Å². The molecule has 0 aliphatic carbocycles. The molecule has 0 saturated carbocycles. The highest BCUT2D eigenvalue weighted by molar-refractivity contribution is 9.10. The van der Waals surface area contributed by atoms with E-state index in [0.717, 1.165) is 25.3 Å². The van der Waals surface area contributed by atoms with E-state index in [1.165, 1.54) is 0 Å². The Morgan fingerprint density at radius 2 is 2.11 bits per heavy atom. The first-order valence-corrected chi connectivity index (χ1v) is 7.46. The second-order valence-electron chi connectivity index (χ2n) is 4.23. The Hall–Kier alpha value is -1.30. The molecule has 0 saturated heterocycles. The molecule has 1 atom stereocenters. The summed E-state index contributed by atoms with van der Waals surface area (Å²) in [5, 5.41) is 11.2. The zero-order chi connectivity index (χ0) is 13.2. The van der Waals surface area contributed by atoms with Crippen molar-refractivity contribution < 1.29 is 5.11 Å². The number of hydrogen-bond donors (Lipinski definition) is 1. The van der Waals surface area contributed by atoms with Crippen LogP contribution in [0.5, 0.6) is 0 Å². The number of thiazole rings is 1. The van der Waals surface area contributed by atoms with Crippen molar-refractivity contribution in [3.05, 3.63) is 57.8 Å². The van der Waals surface area contributed by atoms with Crippen LogP contribution in [0.4, 0.5) is 0 Å². The second-order valence-corrected chi connectivity index (χ2v) is 6.26. The van der Waals surface area contributed by atoms with E-state index in [1.54, 1.807) is 23.7 Å². The first-order valence-electron chi connectivity index (χ1n) is 5.85. The van der Waals surface area contributed by atoms with E-state index in [4.69, 9.17) is 0 Å². The Balaban J connectivity index is 1.84. The van der Waals surface area contributed by atoms with Crippen molar-refractivity contribution in [3.8, 4) is 0 Å². The van der Waals surface area contributed by atoms with Gasteiger partial charge < -0.3 is 5.11 Å². The third-order valence-electron chi connectivity index (χ3n) is 2.82. The number of nitrogens with zero attached hydrogens (tertiary/aromatic N) is 2. The fourth-order valence-electron chi connectivity index (χ4n) is 1.90. The maximum Gasteiger partial charge on any atom is 0.0967 e. The van der Waals surface area contributed by atoms with Crippen LogP contribution in [0.1, 0.15) is 16.7 Å². The summed E-state index contributed by atoms with van der Waals surface area (Å²) in [6.45, 7) is 0. The topological polar surface area (TPSA) is 46.0 Å². The van der Waals surface area contributed by atoms with E-state index in [2.05, 4.69) is 25.9 Å². The van der Waals surface area contributed by atoms with Crippen molar-refractivity contribution in [1.29, 1.82) is 0 Å². The molecule has 1 unspecified atom stereocenters. The number of fused-ring (bicyclic) bond motifs is 1. The van der Waals surface area contributed by atoms with E-state index in [9.17, 15) is 5.11 Å². The molecular formula is C14H11BrN2OS. The maximum atomic E-state index is 10.2. The molecule has 3 nitrogen and oxygen atoms in total. The van der Waals surface area contributed by atoms with Crippen LogP contribution < -0.4 is 0 Å². The van der Waals surface area contributed by atoms with E-state index < -0.39 is 6.10 Å². The zero-order valence-corrected chi connectivity index (χ0v) is 12.4. The van der Waals surface area contributed by atoms with Gasteiger partial charge in [0.1, 0.15) is 0 Å². The predicted molar refractivity (Wildman–Crippen MR) is 80.2 cm³/mol. The summed E-state index contributed by atoms with van der Waals surface area (Å²) < 4.78 is 2.02. The molecule has 0 radical (unpaired) electrons. The Morgan fingerprint density at radius 1 is 1.26 bits per heavy atom. The number of halogens is 1. The summed E-state index contributed by atoms with van der Waals surface area (Å²) in [7, 11) is 0. The van der Waals surface area contributed by atoms with Crippen molar-refractivity contribution in [2.24, 2.45) is 0 Å². The fraction of sp³-hybridized carbons (Fsp3) is 0.143. The Bertz CT molecular complexity index is 680. The lowest BCUT2D eigenvalue weighted by molar-refractivity contribution is 0.178. The van der Waals surface area contributed by atoms with Crippen LogP contribution in [0.25, 0.3) is 10.2 Å². The summed E-state index contributed by atoms with van der Waals surface area (Å²) in [6.07, 6.45) is 3.32. The first kappa shape index (κ1) is 12.7. The molecule has 0 aliphatic heterocycles. The molecule has 0 aliphatic rings. The number of aliphatic hydroxyl groups is 1. The van der Waals surface area contributed by atoms with Gasteiger partial charge >= 0.3 is 0 Å². The minimum absolute atomic E-state index is 0.511. The van der Waals surface area contributed by atoms with Crippen LogP contribution in [-0.4, -0.2) is 15.1 Å². The van der Waals surface area contributed by atoms with Gasteiger partial charge in [-0.1, -0.05) is 12.1 Å². The molecule has 3 aromatic rings. The SMILES string of the molecule is OC(Cc1nc2ccccc2s1)c1cncc(Br)c1. The van der Waals surface area contributed by atoms with Crippen molar-refractivity contribution in [2.75, 3.05) is 0 Å². The molecule has 0 spiro atoms. The molecule has 5 heteroatoms. The average molecular weight is 335 g/mol. The summed E-state index contributed by atoms with van der Waals surface area (Å²) >= 11 is 4.98. The summed E-state index contributed by atoms with van der Waals surface area (Å²) in [6, 6.07) is 9.89. The average Bonchev–Trinajstić information content (AvgIpc) is 2.80. The van der Waals surface area contributed by atoms with Crippen LogP contribution in [-0.2, 0) is 6.42 Å². The maximum absolute atomic E-state index is 10.2. The number of para-hydroxylation sites is 1. The molecular weight excluding hydrogens is 324 g/mol. The third-order valence-corrected chi connectivity index (χ3v) is 4.31. The third kappa shape index (κ3) is 2.83. The Morgan fingerprint density at radius 3 is 2.89 bits per heavy atom. The smallest absolute Gasteiger partial charge is 0.0967 e. The van der Waals surface area contributed by atoms with Gasteiger partial charge in [-0.05, 0) is 34.1 Å². The molecule has 2 heterocycles. The largest absolute Gasteiger partial charge is 0.388 e. The van der Waals surface area contributed by atoms with Gasteiger partial charge in [0.25, 0.3) is 0 Å². The highest BCUT2D eigenvalue weighted by Gasteiger charge is 2.12. The molecule has 19 heavy (non-hydrogen) atoms. The molecule has 1 N–H and O–H groups in total. The molecule has 2 aromatic heterocycles. The number of pyridine rings is 1. The number of hydrogen-bond acceptors (Lipinski definition) is 4. The van der Waals surface area contributed by atoms with Crippen molar-refractivity contribution >= 4 is 37.5 Å². The molecule has 0 amide bonds. The van der Waals surface area contributed by atoms with Crippen LogP contribution in [0, 0.1) is 0 Å². The fourth-order valence-corrected chi connectivity index (χ4v) is 3.29. The van der Waals surface area contributed by atoms with Gasteiger partial charge in [0.2, 0.25) is 0 Å². The Labute approximate surface area is 123 Å².